The van der Waals surface area contributed by atoms with Crippen molar-refractivity contribution in [3.05, 3.63) is 139 Å². The molecule has 4 aromatic heterocycles. The first-order valence-corrected chi connectivity index (χ1v) is 16.8. The summed E-state index contributed by atoms with van der Waals surface area (Å²) in [5.74, 6) is 0.500. The molecule has 0 saturated heterocycles. The van der Waals surface area contributed by atoms with Crippen LogP contribution in [0.3, 0.4) is 0 Å². The van der Waals surface area contributed by atoms with Gasteiger partial charge in [0.1, 0.15) is 15.5 Å². The summed E-state index contributed by atoms with van der Waals surface area (Å²) < 4.78 is 8.33. The Morgan fingerprint density at radius 2 is 1.21 bits per heavy atom. The molecule has 0 radical (unpaired) electrons. The highest BCUT2D eigenvalue weighted by Crippen LogP contribution is 2.39. The van der Waals surface area contributed by atoms with Crippen LogP contribution in [0.1, 0.15) is 5.56 Å². The summed E-state index contributed by atoms with van der Waals surface area (Å²) in [7, 11) is 0. The Morgan fingerprint density at radius 1 is 0.583 bits per heavy atom. The first-order valence-electron chi connectivity index (χ1n) is 15.2. The van der Waals surface area contributed by atoms with Gasteiger partial charge in [0.2, 0.25) is 5.89 Å². The molecule has 48 heavy (non-hydrogen) atoms. The molecule has 0 unspecified atom stereocenters. The molecule has 9 heteroatoms. The number of rotatable bonds is 6. The summed E-state index contributed by atoms with van der Waals surface area (Å²) in [6.07, 6.45) is 1.89. The van der Waals surface area contributed by atoms with E-state index in [4.69, 9.17) is 19.4 Å². The van der Waals surface area contributed by atoms with E-state index in [0.29, 0.717) is 22.6 Å². The maximum Gasteiger partial charge on any atom is 0.227 e. The van der Waals surface area contributed by atoms with Crippen LogP contribution in [0.2, 0.25) is 0 Å². The van der Waals surface area contributed by atoms with Crippen LogP contribution in [0.15, 0.2) is 138 Å². The van der Waals surface area contributed by atoms with Crippen molar-refractivity contribution in [3.63, 3.8) is 0 Å². The third kappa shape index (κ3) is 5.06. The number of nitrogens with zero attached hydrogens (tertiary/aromatic N) is 6. The van der Waals surface area contributed by atoms with E-state index in [-0.39, 0.29) is 0 Å². The fourth-order valence-corrected chi connectivity index (χ4v) is 7.61. The molecular weight excluding hydrogens is 633 g/mol. The van der Waals surface area contributed by atoms with E-state index in [2.05, 4.69) is 58.4 Å². The number of aromatic nitrogens is 4. The van der Waals surface area contributed by atoms with E-state index >= 15 is 0 Å². The second-order valence-corrected chi connectivity index (χ2v) is 13.2. The van der Waals surface area contributed by atoms with Gasteiger partial charge in [-0.25, -0.2) is 15.0 Å². The molecular formula is C39H22N6OS2. The summed E-state index contributed by atoms with van der Waals surface area (Å²) in [6.45, 7) is 0. The fraction of sp³-hybridized carbons (Fsp3) is 0. The molecule has 0 spiro atoms. The number of hydrogen-bond donors (Lipinski definition) is 0. The topological polar surface area (TPSA) is 91.7 Å². The number of hydrogen-bond acceptors (Lipinski definition) is 9. The number of anilines is 3. The molecule has 9 rings (SSSR count). The molecule has 0 N–H and O–H groups in total. The number of fused-ring (bicyclic) bond motifs is 3. The number of nitriles is 1. The molecule has 0 aliphatic carbocycles. The highest BCUT2D eigenvalue weighted by atomic mass is 32.1. The smallest absolute Gasteiger partial charge is 0.227 e. The van der Waals surface area contributed by atoms with Gasteiger partial charge in [0.15, 0.2) is 5.58 Å². The molecule has 7 nitrogen and oxygen atoms in total. The quantitative estimate of drug-likeness (QED) is 0.176. The first kappa shape index (κ1) is 28.0. The van der Waals surface area contributed by atoms with E-state index in [0.717, 1.165) is 59.6 Å². The van der Waals surface area contributed by atoms with Gasteiger partial charge in [0, 0.05) is 28.6 Å². The predicted octanol–water partition coefficient (Wildman–Crippen LogP) is 10.8. The van der Waals surface area contributed by atoms with Gasteiger partial charge in [0.05, 0.1) is 49.6 Å². The van der Waals surface area contributed by atoms with Crippen LogP contribution in [0, 0.1) is 11.3 Å². The fourth-order valence-electron chi connectivity index (χ4n) is 5.69. The van der Waals surface area contributed by atoms with Crippen molar-refractivity contribution in [2.75, 3.05) is 4.90 Å². The van der Waals surface area contributed by atoms with Crippen LogP contribution in [0.25, 0.3) is 64.3 Å². The maximum atomic E-state index is 9.27. The summed E-state index contributed by atoms with van der Waals surface area (Å²) in [4.78, 5) is 21.3. The van der Waals surface area contributed by atoms with E-state index in [1.807, 2.05) is 72.9 Å². The average molecular weight is 655 g/mol. The van der Waals surface area contributed by atoms with Gasteiger partial charge in [-0.1, -0.05) is 24.3 Å². The minimum Gasteiger partial charge on any atom is -0.436 e. The number of pyridine rings is 1. The lowest BCUT2D eigenvalue weighted by Gasteiger charge is -2.25. The number of thiazole rings is 2. The molecule has 0 bridgehead atoms. The minimum absolute atomic E-state index is 0.500. The molecule has 0 fully saturated rings. The standard InChI is InChI=1S/C39H22N6OS2/c40-22-24-9-19-30-34(21-24)46-37(42-30)25-10-14-27(15-11-25)45(28-16-12-26(13-17-28)38-43-31-5-1-3-7-35(31)47-38)29-18-20-33(41-23-29)39-44-32-6-2-4-8-36(32)48-39/h1-21,23H. The molecule has 226 valence electrons. The second kappa shape index (κ2) is 11.5. The van der Waals surface area contributed by atoms with Crippen molar-refractivity contribution in [2.24, 2.45) is 0 Å². The lowest BCUT2D eigenvalue weighted by Crippen LogP contribution is -2.10. The van der Waals surface area contributed by atoms with Crippen LogP contribution in [0.4, 0.5) is 17.1 Å². The van der Waals surface area contributed by atoms with Gasteiger partial charge in [-0.05, 0) is 97.1 Å². The third-order valence-electron chi connectivity index (χ3n) is 8.08. The van der Waals surface area contributed by atoms with Crippen LogP contribution < -0.4 is 4.90 Å². The lowest BCUT2D eigenvalue weighted by atomic mass is 10.1. The van der Waals surface area contributed by atoms with Gasteiger partial charge in [-0.15, -0.1) is 22.7 Å². The van der Waals surface area contributed by atoms with Crippen molar-refractivity contribution in [2.45, 2.75) is 0 Å². The Morgan fingerprint density at radius 3 is 1.85 bits per heavy atom. The zero-order chi connectivity index (χ0) is 32.0. The molecule has 0 saturated carbocycles. The normalized spacial score (nSPS) is 11.3. The van der Waals surface area contributed by atoms with Crippen LogP contribution in [-0.2, 0) is 0 Å². The van der Waals surface area contributed by atoms with Crippen molar-refractivity contribution < 1.29 is 4.42 Å². The molecule has 4 heterocycles. The molecule has 0 atom stereocenters. The molecule has 0 aliphatic rings. The Hall–Kier alpha value is -6.21. The number of oxazole rings is 1. The third-order valence-corrected chi connectivity index (χ3v) is 10.2. The largest absolute Gasteiger partial charge is 0.436 e. The highest BCUT2D eigenvalue weighted by Gasteiger charge is 2.17. The van der Waals surface area contributed by atoms with E-state index in [9.17, 15) is 5.26 Å². The van der Waals surface area contributed by atoms with Crippen molar-refractivity contribution in [1.29, 1.82) is 5.26 Å². The van der Waals surface area contributed by atoms with Crippen LogP contribution in [0.5, 0.6) is 0 Å². The Bertz CT molecular complexity index is 2450. The molecule has 5 aromatic carbocycles. The predicted molar refractivity (Wildman–Crippen MR) is 194 cm³/mol. The summed E-state index contributed by atoms with van der Waals surface area (Å²) in [5, 5.41) is 11.1. The van der Waals surface area contributed by atoms with Gasteiger partial charge in [0.25, 0.3) is 0 Å². The first-order chi connectivity index (χ1) is 23.7. The summed E-state index contributed by atoms with van der Waals surface area (Å²) in [6, 6.07) is 44.4. The van der Waals surface area contributed by atoms with E-state index < -0.39 is 0 Å². The minimum atomic E-state index is 0.500. The highest BCUT2D eigenvalue weighted by molar-refractivity contribution is 7.22. The zero-order valence-electron chi connectivity index (χ0n) is 25.1. The van der Waals surface area contributed by atoms with Crippen LogP contribution in [-0.4, -0.2) is 19.9 Å². The zero-order valence-corrected chi connectivity index (χ0v) is 26.7. The summed E-state index contributed by atoms with van der Waals surface area (Å²) >= 11 is 3.33. The number of benzene rings is 5. The molecule has 9 aromatic rings. The van der Waals surface area contributed by atoms with Crippen molar-refractivity contribution in [3.8, 4) is 38.8 Å². The SMILES string of the molecule is N#Cc1ccc2nc(-c3ccc(N(c4ccc(-c5nc6ccccc6s5)cc4)c4ccc(-c5nc6ccccc6s5)nc4)cc3)oc2c1. The number of para-hydroxylation sites is 2. The molecule has 0 aliphatic heterocycles. The average Bonchev–Trinajstić information content (AvgIpc) is 3.89. The molecule has 0 amide bonds. The van der Waals surface area contributed by atoms with E-state index in [1.54, 1.807) is 40.9 Å². The second-order valence-electron chi connectivity index (χ2n) is 11.1. The summed E-state index contributed by atoms with van der Waals surface area (Å²) in [5.41, 5.74) is 9.38. The maximum absolute atomic E-state index is 9.27. The Kier molecular flexibility index (Phi) is 6.75. The van der Waals surface area contributed by atoms with Crippen molar-refractivity contribution in [1.82, 2.24) is 19.9 Å². The van der Waals surface area contributed by atoms with Gasteiger partial charge < -0.3 is 9.32 Å². The van der Waals surface area contributed by atoms with E-state index in [1.165, 1.54) is 4.70 Å². The van der Waals surface area contributed by atoms with Gasteiger partial charge in [-0.2, -0.15) is 5.26 Å². The van der Waals surface area contributed by atoms with Crippen LogP contribution >= 0.6 is 22.7 Å². The van der Waals surface area contributed by atoms with Crippen molar-refractivity contribution >= 4 is 71.3 Å². The monoisotopic (exact) mass is 654 g/mol. The Balaban J connectivity index is 1.09. The van der Waals surface area contributed by atoms with Gasteiger partial charge >= 0.3 is 0 Å². The Labute approximate surface area is 282 Å². The lowest BCUT2D eigenvalue weighted by molar-refractivity contribution is 0.620. The van der Waals surface area contributed by atoms with Gasteiger partial charge in [-0.3, -0.25) is 4.98 Å².